The van der Waals surface area contributed by atoms with Gasteiger partial charge in [-0.25, -0.2) is 0 Å². The summed E-state index contributed by atoms with van der Waals surface area (Å²) in [4.78, 5) is 11.6. The summed E-state index contributed by atoms with van der Waals surface area (Å²) in [6, 6.07) is 8.00. The number of hydrogen-bond donors (Lipinski definition) is 2. The molecule has 1 aromatic carbocycles. The zero-order valence-corrected chi connectivity index (χ0v) is 11.5. The molecule has 0 bridgehead atoms. The Labute approximate surface area is 110 Å². The molecular formula is C15H24N2O. The van der Waals surface area contributed by atoms with Crippen LogP contribution >= 0.6 is 0 Å². The van der Waals surface area contributed by atoms with Crippen LogP contribution in [0.4, 0.5) is 5.69 Å². The van der Waals surface area contributed by atoms with Gasteiger partial charge in [0, 0.05) is 5.69 Å². The third-order valence-electron chi connectivity index (χ3n) is 2.89. The Morgan fingerprint density at radius 1 is 1.11 bits per heavy atom. The van der Waals surface area contributed by atoms with Crippen LogP contribution in [0.1, 0.15) is 38.7 Å². The van der Waals surface area contributed by atoms with Crippen LogP contribution in [-0.4, -0.2) is 19.0 Å². The third-order valence-corrected chi connectivity index (χ3v) is 2.89. The van der Waals surface area contributed by atoms with Crippen LogP contribution in [0.3, 0.4) is 0 Å². The quantitative estimate of drug-likeness (QED) is 0.694. The van der Waals surface area contributed by atoms with Gasteiger partial charge in [0.2, 0.25) is 5.91 Å². The average molecular weight is 248 g/mol. The Bertz CT molecular complexity index is 346. The van der Waals surface area contributed by atoms with Gasteiger partial charge in [-0.1, -0.05) is 38.8 Å². The van der Waals surface area contributed by atoms with E-state index in [1.54, 1.807) is 0 Å². The van der Waals surface area contributed by atoms with Crippen LogP contribution in [0.15, 0.2) is 24.3 Å². The summed E-state index contributed by atoms with van der Waals surface area (Å²) < 4.78 is 0. The van der Waals surface area contributed by atoms with Crippen molar-refractivity contribution in [1.82, 2.24) is 5.32 Å². The molecule has 0 fully saturated rings. The van der Waals surface area contributed by atoms with E-state index in [0.29, 0.717) is 6.54 Å². The Hall–Kier alpha value is -1.35. The standard InChI is InChI=1S/C15H24N2O/c1-3-5-6-11-16-12-15(18)17-14-9-7-13(4-2)8-10-14/h7-10,16H,3-6,11-12H2,1-2H3,(H,17,18). The molecule has 2 N–H and O–H groups in total. The number of carbonyl (C=O) groups excluding carboxylic acids is 1. The summed E-state index contributed by atoms with van der Waals surface area (Å²) in [5.74, 6) is 0.0238. The average Bonchev–Trinajstić information content (AvgIpc) is 2.39. The molecule has 0 atom stereocenters. The van der Waals surface area contributed by atoms with Crippen molar-refractivity contribution in [3.63, 3.8) is 0 Å². The minimum atomic E-state index is 0.0238. The van der Waals surface area contributed by atoms with E-state index in [-0.39, 0.29) is 5.91 Å². The van der Waals surface area contributed by atoms with Crippen LogP contribution < -0.4 is 10.6 Å². The lowest BCUT2D eigenvalue weighted by Gasteiger charge is -2.07. The molecule has 0 heterocycles. The van der Waals surface area contributed by atoms with Crippen molar-refractivity contribution in [3.05, 3.63) is 29.8 Å². The van der Waals surface area contributed by atoms with Crippen LogP contribution in [0, 0.1) is 0 Å². The topological polar surface area (TPSA) is 41.1 Å². The van der Waals surface area contributed by atoms with Crippen molar-refractivity contribution >= 4 is 11.6 Å². The Morgan fingerprint density at radius 2 is 1.83 bits per heavy atom. The molecule has 0 aliphatic rings. The second kappa shape index (κ2) is 8.70. The molecular weight excluding hydrogens is 224 g/mol. The molecule has 0 saturated heterocycles. The van der Waals surface area contributed by atoms with Gasteiger partial charge in [-0.2, -0.15) is 0 Å². The number of nitrogens with one attached hydrogen (secondary N) is 2. The zero-order chi connectivity index (χ0) is 13.2. The van der Waals surface area contributed by atoms with E-state index in [1.165, 1.54) is 18.4 Å². The minimum absolute atomic E-state index is 0.0238. The van der Waals surface area contributed by atoms with Crippen molar-refractivity contribution in [1.29, 1.82) is 0 Å². The van der Waals surface area contributed by atoms with Crippen molar-refractivity contribution < 1.29 is 4.79 Å². The Kier molecular flexibility index (Phi) is 7.11. The number of aryl methyl sites for hydroxylation is 1. The summed E-state index contributed by atoms with van der Waals surface area (Å²) in [6.45, 7) is 5.59. The van der Waals surface area contributed by atoms with E-state index in [0.717, 1.165) is 25.1 Å². The maximum atomic E-state index is 11.6. The second-order valence-electron chi connectivity index (χ2n) is 4.48. The fraction of sp³-hybridized carbons (Fsp3) is 0.533. The molecule has 0 spiro atoms. The number of carbonyl (C=O) groups is 1. The van der Waals surface area contributed by atoms with Gasteiger partial charge in [-0.15, -0.1) is 0 Å². The first-order valence-corrected chi connectivity index (χ1v) is 6.85. The van der Waals surface area contributed by atoms with Gasteiger partial charge >= 0.3 is 0 Å². The minimum Gasteiger partial charge on any atom is -0.325 e. The van der Waals surface area contributed by atoms with Gasteiger partial charge < -0.3 is 10.6 Å². The van der Waals surface area contributed by atoms with Crippen molar-refractivity contribution in [3.8, 4) is 0 Å². The van der Waals surface area contributed by atoms with Gasteiger partial charge in [-0.3, -0.25) is 4.79 Å². The van der Waals surface area contributed by atoms with Gasteiger partial charge in [0.25, 0.3) is 0 Å². The van der Waals surface area contributed by atoms with E-state index in [9.17, 15) is 4.79 Å². The first kappa shape index (κ1) is 14.7. The molecule has 1 amide bonds. The molecule has 0 aromatic heterocycles. The van der Waals surface area contributed by atoms with E-state index >= 15 is 0 Å². The molecule has 100 valence electrons. The highest BCUT2D eigenvalue weighted by atomic mass is 16.1. The fourth-order valence-electron chi connectivity index (χ4n) is 1.73. The number of anilines is 1. The van der Waals surface area contributed by atoms with Gasteiger partial charge in [-0.05, 0) is 37.1 Å². The van der Waals surface area contributed by atoms with Gasteiger partial charge in [0.1, 0.15) is 0 Å². The smallest absolute Gasteiger partial charge is 0.238 e. The maximum Gasteiger partial charge on any atom is 0.238 e. The van der Waals surface area contributed by atoms with Crippen LogP contribution in [-0.2, 0) is 11.2 Å². The van der Waals surface area contributed by atoms with Gasteiger partial charge in [0.15, 0.2) is 0 Å². The van der Waals surface area contributed by atoms with Crippen molar-refractivity contribution in [2.45, 2.75) is 39.5 Å². The van der Waals surface area contributed by atoms with Crippen LogP contribution in [0.25, 0.3) is 0 Å². The molecule has 3 nitrogen and oxygen atoms in total. The maximum absolute atomic E-state index is 11.6. The molecule has 0 aliphatic heterocycles. The van der Waals surface area contributed by atoms with E-state index < -0.39 is 0 Å². The fourth-order valence-corrected chi connectivity index (χ4v) is 1.73. The first-order valence-electron chi connectivity index (χ1n) is 6.85. The monoisotopic (exact) mass is 248 g/mol. The molecule has 3 heteroatoms. The molecule has 0 unspecified atom stereocenters. The lowest BCUT2D eigenvalue weighted by atomic mass is 10.1. The Morgan fingerprint density at radius 3 is 2.44 bits per heavy atom. The molecule has 0 saturated carbocycles. The van der Waals surface area contributed by atoms with Gasteiger partial charge in [0.05, 0.1) is 6.54 Å². The molecule has 18 heavy (non-hydrogen) atoms. The molecule has 1 rings (SSSR count). The molecule has 0 aliphatic carbocycles. The zero-order valence-electron chi connectivity index (χ0n) is 11.5. The lowest BCUT2D eigenvalue weighted by molar-refractivity contribution is -0.115. The SMILES string of the molecule is CCCCCNCC(=O)Nc1ccc(CC)cc1. The lowest BCUT2D eigenvalue weighted by Crippen LogP contribution is -2.28. The largest absolute Gasteiger partial charge is 0.325 e. The summed E-state index contributed by atoms with van der Waals surface area (Å²) in [5.41, 5.74) is 2.15. The number of hydrogen-bond acceptors (Lipinski definition) is 2. The highest BCUT2D eigenvalue weighted by molar-refractivity contribution is 5.92. The molecule has 1 aromatic rings. The van der Waals surface area contributed by atoms with E-state index in [1.807, 2.05) is 24.3 Å². The highest BCUT2D eigenvalue weighted by Crippen LogP contribution is 2.09. The van der Waals surface area contributed by atoms with Crippen molar-refractivity contribution in [2.24, 2.45) is 0 Å². The first-order chi connectivity index (χ1) is 8.76. The normalized spacial score (nSPS) is 10.3. The van der Waals surface area contributed by atoms with Crippen molar-refractivity contribution in [2.75, 3.05) is 18.4 Å². The third kappa shape index (κ3) is 5.82. The predicted octanol–water partition coefficient (Wildman–Crippen LogP) is 2.97. The highest BCUT2D eigenvalue weighted by Gasteiger charge is 2.01. The van der Waals surface area contributed by atoms with E-state index in [2.05, 4.69) is 24.5 Å². The van der Waals surface area contributed by atoms with Crippen LogP contribution in [0.5, 0.6) is 0 Å². The summed E-state index contributed by atoms with van der Waals surface area (Å²) in [7, 11) is 0. The Balaban J connectivity index is 2.22. The predicted molar refractivity (Wildman–Crippen MR) is 76.8 cm³/mol. The molecule has 0 radical (unpaired) electrons. The number of rotatable bonds is 8. The van der Waals surface area contributed by atoms with E-state index in [4.69, 9.17) is 0 Å². The number of amides is 1. The summed E-state index contributed by atoms with van der Waals surface area (Å²) >= 11 is 0. The number of unbranched alkanes of at least 4 members (excludes halogenated alkanes) is 2. The van der Waals surface area contributed by atoms with Crippen LogP contribution in [0.2, 0.25) is 0 Å². The second-order valence-corrected chi connectivity index (χ2v) is 4.48. The summed E-state index contributed by atoms with van der Waals surface area (Å²) in [6.07, 6.45) is 4.58. The summed E-state index contributed by atoms with van der Waals surface area (Å²) in [5, 5.41) is 6.03. The number of benzene rings is 1.